The second kappa shape index (κ2) is 9.96. The van der Waals surface area contributed by atoms with E-state index in [0.29, 0.717) is 38.2 Å². The normalized spacial score (nSPS) is 22.6. The molecule has 31 heavy (non-hydrogen) atoms. The van der Waals surface area contributed by atoms with Crippen molar-refractivity contribution in [3.63, 3.8) is 0 Å². The first-order valence-corrected chi connectivity index (χ1v) is 11.0. The number of morpholine rings is 1. The molecule has 2 unspecified atom stereocenters. The first-order valence-electron chi connectivity index (χ1n) is 11.0. The average molecular weight is 424 g/mol. The second-order valence-corrected chi connectivity index (χ2v) is 8.20. The van der Waals surface area contributed by atoms with Gasteiger partial charge in [0.05, 0.1) is 31.9 Å². The highest BCUT2D eigenvalue weighted by molar-refractivity contribution is 5.98. The van der Waals surface area contributed by atoms with Crippen LogP contribution < -0.4 is 4.74 Å². The van der Waals surface area contributed by atoms with Crippen LogP contribution in [0.2, 0.25) is 0 Å². The molecule has 0 radical (unpaired) electrons. The molecule has 2 aromatic carbocycles. The molecule has 0 spiro atoms. The van der Waals surface area contributed by atoms with Crippen LogP contribution in [0.1, 0.15) is 42.1 Å². The van der Waals surface area contributed by atoms with Crippen molar-refractivity contribution >= 4 is 11.9 Å². The molecule has 0 N–H and O–H groups in total. The lowest BCUT2D eigenvalue weighted by Gasteiger charge is -2.47. The Morgan fingerprint density at radius 1 is 1.03 bits per heavy atom. The Labute approximate surface area is 183 Å². The molecular weight excluding hydrogens is 394 g/mol. The topological polar surface area (TPSA) is 65.1 Å². The zero-order chi connectivity index (χ0) is 21.6. The van der Waals surface area contributed by atoms with E-state index in [2.05, 4.69) is 6.92 Å². The van der Waals surface area contributed by atoms with Gasteiger partial charge in [0, 0.05) is 11.5 Å². The predicted octanol–water partition coefficient (Wildman–Crippen LogP) is 4.47. The summed E-state index contributed by atoms with van der Waals surface area (Å²) < 4.78 is 16.9. The number of carbonyl (C=O) groups is 2. The third-order valence-electron chi connectivity index (χ3n) is 5.90. The zero-order valence-electron chi connectivity index (χ0n) is 17.9. The van der Waals surface area contributed by atoms with E-state index in [4.69, 9.17) is 14.2 Å². The number of carbonyl (C=O) groups excluding carboxylic acids is 2. The van der Waals surface area contributed by atoms with Crippen LogP contribution in [0.25, 0.3) is 0 Å². The monoisotopic (exact) mass is 423 g/mol. The molecule has 2 bridgehead atoms. The molecule has 2 atom stereocenters. The molecule has 0 aliphatic carbocycles. The fourth-order valence-corrected chi connectivity index (χ4v) is 4.42. The highest BCUT2D eigenvalue weighted by Crippen LogP contribution is 2.34. The van der Waals surface area contributed by atoms with Gasteiger partial charge < -0.3 is 14.2 Å². The first kappa shape index (κ1) is 21.4. The van der Waals surface area contributed by atoms with Gasteiger partial charge in [-0.1, -0.05) is 49.4 Å². The average Bonchev–Trinajstić information content (AvgIpc) is 2.80. The largest absolute Gasteiger partial charge is 0.494 e. The van der Waals surface area contributed by atoms with E-state index in [1.54, 1.807) is 4.90 Å². The summed E-state index contributed by atoms with van der Waals surface area (Å²) in [7, 11) is 0. The van der Waals surface area contributed by atoms with E-state index in [0.717, 1.165) is 17.7 Å². The number of rotatable bonds is 7. The fourth-order valence-electron chi connectivity index (χ4n) is 4.42. The van der Waals surface area contributed by atoms with Crippen molar-refractivity contribution in [1.82, 2.24) is 4.90 Å². The van der Waals surface area contributed by atoms with Crippen molar-refractivity contribution in [1.29, 1.82) is 0 Å². The minimum atomic E-state index is -0.331. The minimum absolute atomic E-state index is 0.108. The summed E-state index contributed by atoms with van der Waals surface area (Å²) >= 11 is 0. The van der Waals surface area contributed by atoms with Gasteiger partial charge in [-0.2, -0.15) is 0 Å². The first-order chi connectivity index (χ1) is 15.2. The smallest absolute Gasteiger partial charge is 0.410 e. The van der Waals surface area contributed by atoms with Gasteiger partial charge in [-0.3, -0.25) is 9.69 Å². The quantitative estimate of drug-likeness (QED) is 0.615. The highest BCUT2D eigenvalue weighted by atomic mass is 16.6. The Balaban J connectivity index is 1.41. The molecule has 2 aliphatic rings. The molecule has 2 aliphatic heterocycles. The molecule has 0 aromatic heterocycles. The summed E-state index contributed by atoms with van der Waals surface area (Å²) in [4.78, 5) is 27.8. The van der Waals surface area contributed by atoms with Gasteiger partial charge in [0.2, 0.25) is 0 Å². The number of amides is 1. The van der Waals surface area contributed by atoms with E-state index in [9.17, 15) is 9.59 Å². The fraction of sp³-hybridized carbons (Fsp3) is 0.440. The molecule has 2 aromatic rings. The Morgan fingerprint density at radius 3 is 2.48 bits per heavy atom. The molecule has 164 valence electrons. The predicted molar refractivity (Wildman–Crippen MR) is 116 cm³/mol. The number of hydrogen-bond donors (Lipinski definition) is 0. The lowest BCUT2D eigenvalue weighted by atomic mass is 9.81. The standard InChI is InChI=1S/C25H29NO5/c1-2-11-30-23-10-6-9-19(14-23)24(27)20-12-21-16-29-17-22(13-20)26(21)25(28)31-15-18-7-4-3-5-8-18/h3-10,14,20-22H,2,11-13,15-17H2,1H3. The van der Waals surface area contributed by atoms with Crippen LogP contribution in [-0.4, -0.2) is 48.7 Å². The lowest BCUT2D eigenvalue weighted by molar-refractivity contribution is -0.0755. The number of ether oxygens (including phenoxy) is 3. The summed E-state index contributed by atoms with van der Waals surface area (Å²) in [5, 5.41) is 0. The van der Waals surface area contributed by atoms with Crippen molar-refractivity contribution in [2.45, 2.75) is 44.9 Å². The van der Waals surface area contributed by atoms with Gasteiger partial charge >= 0.3 is 6.09 Å². The van der Waals surface area contributed by atoms with Crippen LogP contribution in [0.4, 0.5) is 4.79 Å². The SMILES string of the molecule is CCCOc1cccc(C(=O)C2CC3COCC(C2)N3C(=O)OCc2ccccc2)c1. The molecule has 6 heteroatoms. The Morgan fingerprint density at radius 2 is 1.77 bits per heavy atom. The third kappa shape index (κ3) is 5.07. The van der Waals surface area contributed by atoms with Crippen molar-refractivity contribution in [2.75, 3.05) is 19.8 Å². The maximum Gasteiger partial charge on any atom is 0.410 e. The number of fused-ring (bicyclic) bond motifs is 2. The van der Waals surface area contributed by atoms with E-state index in [1.165, 1.54) is 0 Å². The van der Waals surface area contributed by atoms with E-state index in [1.807, 2.05) is 54.6 Å². The number of nitrogens with zero attached hydrogens (tertiary/aromatic N) is 1. The molecule has 0 saturated carbocycles. The molecular formula is C25H29NO5. The van der Waals surface area contributed by atoms with Crippen molar-refractivity contribution in [2.24, 2.45) is 5.92 Å². The summed E-state index contributed by atoms with van der Waals surface area (Å²) in [6, 6.07) is 16.7. The number of piperidine rings is 1. The summed E-state index contributed by atoms with van der Waals surface area (Å²) in [6.45, 7) is 3.78. The van der Waals surface area contributed by atoms with Crippen LogP contribution >= 0.6 is 0 Å². The maximum absolute atomic E-state index is 13.2. The zero-order valence-corrected chi connectivity index (χ0v) is 17.9. The summed E-state index contributed by atoms with van der Waals surface area (Å²) in [5.74, 6) is 0.688. The molecule has 2 fully saturated rings. The van der Waals surface area contributed by atoms with Crippen molar-refractivity contribution < 1.29 is 23.8 Å². The Kier molecular flexibility index (Phi) is 6.87. The van der Waals surface area contributed by atoms with Gasteiger partial charge in [-0.25, -0.2) is 4.79 Å². The number of Topliss-reactive ketones (excluding diaryl/α,β-unsaturated/α-hetero) is 1. The minimum Gasteiger partial charge on any atom is -0.494 e. The van der Waals surface area contributed by atoms with Crippen molar-refractivity contribution in [3.8, 4) is 5.75 Å². The lowest BCUT2D eigenvalue weighted by Crippen LogP contribution is -2.59. The number of hydrogen-bond acceptors (Lipinski definition) is 5. The van der Waals surface area contributed by atoms with Crippen LogP contribution in [0, 0.1) is 5.92 Å². The van der Waals surface area contributed by atoms with Gasteiger partial charge in [0.25, 0.3) is 0 Å². The molecule has 2 heterocycles. The maximum atomic E-state index is 13.2. The van der Waals surface area contributed by atoms with Gasteiger partial charge in [0.1, 0.15) is 12.4 Å². The van der Waals surface area contributed by atoms with E-state index < -0.39 is 0 Å². The summed E-state index contributed by atoms with van der Waals surface area (Å²) in [6.07, 6.45) is 1.74. The highest BCUT2D eigenvalue weighted by Gasteiger charge is 2.44. The molecule has 4 rings (SSSR count). The van der Waals surface area contributed by atoms with E-state index >= 15 is 0 Å². The molecule has 2 saturated heterocycles. The third-order valence-corrected chi connectivity index (χ3v) is 5.90. The van der Waals surface area contributed by atoms with Crippen LogP contribution in [0.3, 0.4) is 0 Å². The Hall–Kier alpha value is -2.86. The van der Waals surface area contributed by atoms with E-state index in [-0.39, 0.29) is 36.5 Å². The molecule has 6 nitrogen and oxygen atoms in total. The van der Waals surface area contributed by atoms with Crippen LogP contribution in [0.15, 0.2) is 54.6 Å². The van der Waals surface area contributed by atoms with Crippen LogP contribution in [-0.2, 0) is 16.1 Å². The second-order valence-electron chi connectivity index (χ2n) is 8.20. The Bertz CT molecular complexity index is 886. The van der Waals surface area contributed by atoms with Crippen LogP contribution in [0.5, 0.6) is 5.75 Å². The van der Waals surface area contributed by atoms with Crippen molar-refractivity contribution in [3.05, 3.63) is 65.7 Å². The molecule has 1 amide bonds. The van der Waals surface area contributed by atoms with Gasteiger partial charge in [0.15, 0.2) is 5.78 Å². The number of benzene rings is 2. The van der Waals surface area contributed by atoms with Gasteiger partial charge in [-0.05, 0) is 37.0 Å². The van der Waals surface area contributed by atoms with Gasteiger partial charge in [-0.15, -0.1) is 0 Å². The number of ketones is 1. The summed E-state index contributed by atoms with van der Waals surface area (Å²) in [5.41, 5.74) is 1.62.